The van der Waals surface area contributed by atoms with Crippen LogP contribution in [-0.4, -0.2) is 17.7 Å². The number of thioether (sulfide) groups is 1. The Bertz CT molecular complexity index is 2190. The van der Waals surface area contributed by atoms with Crippen LogP contribution in [-0.2, 0) is 9.59 Å². The lowest BCUT2D eigenvalue weighted by atomic mass is 10.0. The van der Waals surface area contributed by atoms with E-state index in [-0.39, 0.29) is 11.6 Å². The molecule has 7 nitrogen and oxygen atoms in total. The maximum Gasteiger partial charge on any atom is 0.272 e. The Kier molecular flexibility index (Phi) is 11.0. The van der Waals surface area contributed by atoms with Gasteiger partial charge in [0.15, 0.2) is 0 Å². The summed E-state index contributed by atoms with van der Waals surface area (Å²) in [7, 11) is 0. The van der Waals surface area contributed by atoms with Crippen LogP contribution in [0.2, 0.25) is 0 Å². The zero-order valence-electron chi connectivity index (χ0n) is 26.8. The fourth-order valence-electron chi connectivity index (χ4n) is 5.03. The normalized spacial score (nSPS) is 11.6. The molecule has 0 saturated heterocycles. The fourth-order valence-corrected chi connectivity index (χ4v) is 7.66. The van der Waals surface area contributed by atoms with Crippen LogP contribution >= 0.6 is 34.4 Å². The van der Waals surface area contributed by atoms with E-state index < -0.39 is 17.1 Å². The molecule has 0 aliphatic carbocycles. The number of thiophene rings is 2. The van der Waals surface area contributed by atoms with E-state index in [2.05, 4.69) is 22.0 Å². The molecule has 246 valence electrons. The maximum atomic E-state index is 13.9. The maximum absolute atomic E-state index is 13.9. The Morgan fingerprint density at radius 3 is 2.28 bits per heavy atom. The number of nitrogens with one attached hydrogen (secondary N) is 3. The van der Waals surface area contributed by atoms with Gasteiger partial charge in [-0.25, -0.2) is 0 Å². The van der Waals surface area contributed by atoms with Gasteiger partial charge in [-0.05, 0) is 76.8 Å². The van der Waals surface area contributed by atoms with Gasteiger partial charge >= 0.3 is 0 Å². The molecule has 0 spiro atoms. The van der Waals surface area contributed by atoms with E-state index in [1.165, 1.54) is 34.4 Å². The number of nitriles is 1. The van der Waals surface area contributed by atoms with Crippen molar-refractivity contribution in [3.8, 4) is 17.2 Å². The SMILES string of the molecule is Cc1ccc(-c2csc(NC(=O)C(Sc3cccc(NC(=O)/C(=C/c4ccsc4)NC(=O)c4ccccc4)c3)c3ccccc3)c2C#N)cc1. The van der Waals surface area contributed by atoms with Gasteiger partial charge in [0.25, 0.3) is 11.8 Å². The van der Waals surface area contributed by atoms with Crippen molar-refractivity contribution in [2.24, 2.45) is 0 Å². The first kappa shape index (κ1) is 34.1. The van der Waals surface area contributed by atoms with E-state index in [4.69, 9.17) is 0 Å². The van der Waals surface area contributed by atoms with Crippen LogP contribution < -0.4 is 16.0 Å². The van der Waals surface area contributed by atoms with Gasteiger partial charge in [-0.3, -0.25) is 14.4 Å². The van der Waals surface area contributed by atoms with Gasteiger partial charge in [-0.2, -0.15) is 16.6 Å². The monoisotopic (exact) mass is 710 g/mol. The molecule has 6 aromatic rings. The van der Waals surface area contributed by atoms with Crippen molar-refractivity contribution in [2.75, 3.05) is 10.6 Å². The molecule has 10 heteroatoms. The predicted molar refractivity (Wildman–Crippen MR) is 204 cm³/mol. The lowest BCUT2D eigenvalue weighted by Gasteiger charge is -2.17. The van der Waals surface area contributed by atoms with Crippen molar-refractivity contribution in [1.29, 1.82) is 5.26 Å². The Morgan fingerprint density at radius 2 is 1.58 bits per heavy atom. The van der Waals surface area contributed by atoms with E-state index in [1.807, 2.05) is 95.9 Å². The van der Waals surface area contributed by atoms with Crippen molar-refractivity contribution >= 4 is 68.9 Å². The molecule has 50 heavy (non-hydrogen) atoms. The lowest BCUT2D eigenvalue weighted by molar-refractivity contribution is -0.116. The lowest BCUT2D eigenvalue weighted by Crippen LogP contribution is -2.30. The van der Waals surface area contributed by atoms with Gasteiger partial charge in [0.2, 0.25) is 5.91 Å². The second-order valence-electron chi connectivity index (χ2n) is 11.1. The predicted octanol–water partition coefficient (Wildman–Crippen LogP) is 9.54. The third kappa shape index (κ3) is 8.46. The van der Waals surface area contributed by atoms with E-state index in [1.54, 1.807) is 48.5 Å². The Balaban J connectivity index is 1.22. The molecule has 0 aliphatic rings. The summed E-state index contributed by atoms with van der Waals surface area (Å²) in [5.41, 5.74) is 5.78. The van der Waals surface area contributed by atoms with E-state index in [9.17, 15) is 19.6 Å². The third-order valence-electron chi connectivity index (χ3n) is 7.57. The Labute approximate surface area is 302 Å². The molecule has 3 N–H and O–H groups in total. The molecule has 2 aromatic heterocycles. The van der Waals surface area contributed by atoms with Gasteiger partial charge in [0.05, 0.1) is 5.56 Å². The van der Waals surface area contributed by atoms with Gasteiger partial charge in [-0.1, -0.05) is 84.4 Å². The molecule has 0 radical (unpaired) electrons. The molecular formula is C40H30N4O3S3. The molecule has 3 amide bonds. The van der Waals surface area contributed by atoms with Crippen LogP contribution in [0.15, 0.2) is 142 Å². The summed E-state index contributed by atoms with van der Waals surface area (Å²) in [6.45, 7) is 2.01. The first-order chi connectivity index (χ1) is 24.4. The number of amides is 3. The quantitative estimate of drug-likeness (QED) is 0.0917. The highest BCUT2D eigenvalue weighted by atomic mass is 32.2. The highest BCUT2D eigenvalue weighted by molar-refractivity contribution is 8.00. The van der Waals surface area contributed by atoms with Crippen molar-refractivity contribution in [3.63, 3.8) is 0 Å². The molecular weight excluding hydrogens is 681 g/mol. The third-order valence-corrected chi connectivity index (χ3v) is 10.4. The second kappa shape index (κ2) is 16.1. The van der Waals surface area contributed by atoms with Gasteiger partial charge in [-0.15, -0.1) is 23.1 Å². The molecule has 0 aliphatic heterocycles. The summed E-state index contributed by atoms with van der Waals surface area (Å²) in [4.78, 5) is 41.2. The van der Waals surface area contributed by atoms with E-state index in [0.717, 1.165) is 32.7 Å². The molecule has 2 heterocycles. The average Bonchev–Trinajstić information content (AvgIpc) is 3.81. The van der Waals surface area contributed by atoms with Gasteiger partial charge in [0.1, 0.15) is 22.0 Å². The smallest absolute Gasteiger partial charge is 0.272 e. The second-order valence-corrected chi connectivity index (χ2v) is 14.0. The number of benzene rings is 4. The van der Waals surface area contributed by atoms with Gasteiger partial charge in [0, 0.05) is 27.1 Å². The minimum Gasteiger partial charge on any atom is -0.321 e. The summed E-state index contributed by atoms with van der Waals surface area (Å²) in [5, 5.41) is 24.2. The topological polar surface area (TPSA) is 111 Å². The minimum absolute atomic E-state index is 0.0890. The molecule has 0 bridgehead atoms. The molecule has 0 fully saturated rings. The van der Waals surface area contributed by atoms with E-state index >= 15 is 0 Å². The summed E-state index contributed by atoms with van der Waals surface area (Å²) >= 11 is 4.12. The largest absolute Gasteiger partial charge is 0.321 e. The number of nitrogens with zero attached hydrogens (tertiary/aromatic N) is 1. The Morgan fingerprint density at radius 1 is 0.840 bits per heavy atom. The van der Waals surface area contributed by atoms with Crippen LogP contribution in [0.1, 0.15) is 37.9 Å². The van der Waals surface area contributed by atoms with Gasteiger partial charge < -0.3 is 16.0 Å². The standard InChI is InChI=1S/C40H30N4O3S3/c1-26-15-17-28(18-16-26)34-25-49-40(33(34)23-41)44-39(47)36(29-9-4-2-5-10-29)50-32-14-8-13-31(22-32)42-38(46)35(21-27-19-20-48-24-27)43-37(45)30-11-6-3-7-12-30/h2-22,24-25,36H,1H3,(H,42,46)(H,43,45)(H,44,47)/b35-21-. The zero-order valence-corrected chi connectivity index (χ0v) is 29.2. The van der Waals surface area contributed by atoms with Crippen LogP contribution in [0.4, 0.5) is 10.7 Å². The molecule has 4 aromatic carbocycles. The zero-order chi connectivity index (χ0) is 34.9. The van der Waals surface area contributed by atoms with Crippen LogP contribution in [0, 0.1) is 18.3 Å². The van der Waals surface area contributed by atoms with Crippen LogP contribution in [0.25, 0.3) is 17.2 Å². The van der Waals surface area contributed by atoms with Crippen molar-refractivity contribution in [1.82, 2.24) is 5.32 Å². The number of aryl methyl sites for hydroxylation is 1. The number of hydrogen-bond acceptors (Lipinski definition) is 7. The molecule has 1 unspecified atom stereocenters. The highest BCUT2D eigenvalue weighted by Gasteiger charge is 2.25. The fraction of sp³-hybridized carbons (Fsp3) is 0.0500. The summed E-state index contributed by atoms with van der Waals surface area (Å²) in [6.07, 6.45) is 1.63. The highest BCUT2D eigenvalue weighted by Crippen LogP contribution is 2.40. The molecule has 1 atom stereocenters. The first-order valence-electron chi connectivity index (χ1n) is 15.5. The molecule has 0 saturated carbocycles. The van der Waals surface area contributed by atoms with Crippen molar-refractivity contribution in [3.05, 3.63) is 165 Å². The van der Waals surface area contributed by atoms with E-state index in [0.29, 0.717) is 21.8 Å². The summed E-state index contributed by atoms with van der Waals surface area (Å²) in [6, 6.07) is 37.4. The van der Waals surface area contributed by atoms with Crippen LogP contribution in [0.5, 0.6) is 0 Å². The number of rotatable bonds is 11. The average molecular weight is 711 g/mol. The summed E-state index contributed by atoms with van der Waals surface area (Å²) < 4.78 is 0. The summed E-state index contributed by atoms with van der Waals surface area (Å²) in [5.74, 6) is -1.18. The Hall–Kier alpha value is -5.73. The number of carbonyl (C=O) groups is 3. The minimum atomic E-state index is -0.669. The number of carbonyl (C=O) groups excluding carboxylic acids is 3. The number of anilines is 2. The first-order valence-corrected chi connectivity index (χ1v) is 18.2. The number of hydrogen-bond donors (Lipinski definition) is 3. The van der Waals surface area contributed by atoms with Crippen LogP contribution in [0.3, 0.4) is 0 Å². The molecule has 6 rings (SSSR count). The van der Waals surface area contributed by atoms with Crippen molar-refractivity contribution < 1.29 is 14.4 Å². The van der Waals surface area contributed by atoms with Crippen molar-refractivity contribution in [2.45, 2.75) is 17.1 Å².